The fourth-order valence-electron chi connectivity index (χ4n) is 1.47. The topological polar surface area (TPSA) is 52.0 Å². The second-order valence-corrected chi connectivity index (χ2v) is 6.71. The second kappa shape index (κ2) is 5.71. The lowest BCUT2D eigenvalue weighted by atomic mass is 10.1. The fourth-order valence-corrected chi connectivity index (χ4v) is 2.34. The average Bonchev–Trinajstić information content (AvgIpc) is 2.92. The Morgan fingerprint density at radius 3 is 2.68 bits per heavy atom. The normalized spacial score (nSPS) is 11.8. The zero-order chi connectivity index (χ0) is 13.9. The van der Waals surface area contributed by atoms with Gasteiger partial charge in [0.1, 0.15) is 12.9 Å². The quantitative estimate of drug-likeness (QED) is 0.913. The van der Waals surface area contributed by atoms with E-state index >= 15 is 0 Å². The highest BCUT2D eigenvalue weighted by Crippen LogP contribution is 2.18. The molecule has 0 aliphatic heterocycles. The van der Waals surface area contributed by atoms with E-state index in [-0.39, 0.29) is 5.54 Å². The maximum atomic E-state index is 5.52. The number of rotatable bonds is 5. The summed E-state index contributed by atoms with van der Waals surface area (Å²) >= 11 is 1.75. The molecule has 1 N–H and O–H groups in total. The second-order valence-electron chi connectivity index (χ2n) is 5.46. The third-order valence-electron chi connectivity index (χ3n) is 2.43. The van der Waals surface area contributed by atoms with Crippen molar-refractivity contribution in [2.45, 2.75) is 39.5 Å². The first-order valence-electron chi connectivity index (χ1n) is 6.23. The number of ether oxygens (including phenoxy) is 1. The van der Waals surface area contributed by atoms with Gasteiger partial charge in [-0.3, -0.25) is 4.68 Å². The summed E-state index contributed by atoms with van der Waals surface area (Å²) in [6.45, 7) is 7.90. The summed E-state index contributed by atoms with van der Waals surface area (Å²) < 4.78 is 7.15. The van der Waals surface area contributed by atoms with E-state index in [2.05, 4.69) is 48.3 Å². The van der Waals surface area contributed by atoms with Gasteiger partial charge in [-0.25, -0.2) is 0 Å². The molecule has 19 heavy (non-hydrogen) atoms. The SMILES string of the molecule is Cn1cnc(OCc2ccc(CNC(C)(C)C)s2)n1. The number of aromatic nitrogens is 3. The Hall–Kier alpha value is -1.40. The first-order chi connectivity index (χ1) is 8.92. The maximum absolute atomic E-state index is 5.52. The van der Waals surface area contributed by atoms with E-state index in [9.17, 15) is 0 Å². The summed E-state index contributed by atoms with van der Waals surface area (Å²) in [5.74, 6) is 0. The summed E-state index contributed by atoms with van der Waals surface area (Å²) in [4.78, 5) is 6.51. The number of hydrogen-bond donors (Lipinski definition) is 1. The molecule has 2 aromatic heterocycles. The lowest BCUT2D eigenvalue weighted by molar-refractivity contribution is 0.283. The van der Waals surface area contributed by atoms with Crippen LogP contribution in [0, 0.1) is 0 Å². The van der Waals surface area contributed by atoms with E-state index in [1.807, 2.05) is 7.05 Å². The lowest BCUT2D eigenvalue weighted by Gasteiger charge is -2.19. The molecular formula is C13H20N4OS. The van der Waals surface area contributed by atoms with Crippen LogP contribution in [0.1, 0.15) is 30.5 Å². The Morgan fingerprint density at radius 2 is 2.05 bits per heavy atom. The van der Waals surface area contributed by atoms with Gasteiger partial charge in [-0.1, -0.05) is 0 Å². The predicted octanol–water partition coefficient (Wildman–Crippen LogP) is 2.34. The lowest BCUT2D eigenvalue weighted by Crippen LogP contribution is -2.34. The Balaban J connectivity index is 1.84. The minimum atomic E-state index is 0.137. The molecule has 0 saturated heterocycles. The third kappa shape index (κ3) is 4.65. The van der Waals surface area contributed by atoms with Crippen LogP contribution in [-0.2, 0) is 20.2 Å². The summed E-state index contributed by atoms with van der Waals surface area (Å²) in [5.41, 5.74) is 0.137. The predicted molar refractivity (Wildman–Crippen MR) is 76.2 cm³/mol. The average molecular weight is 280 g/mol. The highest BCUT2D eigenvalue weighted by Gasteiger charge is 2.10. The van der Waals surface area contributed by atoms with Crippen LogP contribution in [-0.4, -0.2) is 20.3 Å². The van der Waals surface area contributed by atoms with Crippen molar-refractivity contribution in [2.24, 2.45) is 7.05 Å². The molecule has 0 amide bonds. The first-order valence-corrected chi connectivity index (χ1v) is 7.05. The van der Waals surface area contributed by atoms with Crippen LogP contribution in [0.4, 0.5) is 0 Å². The standard InChI is InChI=1S/C13H20N4OS/c1-13(2,3)15-7-10-5-6-11(19-10)8-18-12-14-9-17(4)16-12/h5-6,9,15H,7-8H2,1-4H3. The van der Waals surface area contributed by atoms with Crippen molar-refractivity contribution in [3.8, 4) is 6.01 Å². The van der Waals surface area contributed by atoms with E-state index in [1.54, 1.807) is 22.3 Å². The van der Waals surface area contributed by atoms with Gasteiger partial charge >= 0.3 is 6.01 Å². The minimum absolute atomic E-state index is 0.137. The van der Waals surface area contributed by atoms with Crippen molar-refractivity contribution in [3.05, 3.63) is 28.2 Å². The number of nitrogens with zero attached hydrogens (tertiary/aromatic N) is 3. The molecule has 6 heteroatoms. The molecule has 2 aromatic rings. The summed E-state index contributed by atoms with van der Waals surface area (Å²) in [7, 11) is 1.82. The van der Waals surface area contributed by atoms with Gasteiger partial charge in [0.15, 0.2) is 0 Å². The number of nitrogens with one attached hydrogen (secondary N) is 1. The molecule has 0 aliphatic rings. The smallest absolute Gasteiger partial charge is 0.335 e. The van der Waals surface area contributed by atoms with Gasteiger partial charge in [-0.15, -0.1) is 16.4 Å². The molecule has 104 valence electrons. The van der Waals surface area contributed by atoms with E-state index in [0.29, 0.717) is 12.6 Å². The Morgan fingerprint density at radius 1 is 1.32 bits per heavy atom. The molecule has 0 saturated carbocycles. The van der Waals surface area contributed by atoms with Crippen LogP contribution >= 0.6 is 11.3 Å². The molecular weight excluding hydrogens is 260 g/mol. The Bertz CT molecular complexity index is 527. The number of hydrogen-bond acceptors (Lipinski definition) is 5. The van der Waals surface area contributed by atoms with E-state index in [1.165, 1.54) is 9.75 Å². The molecule has 0 aromatic carbocycles. The van der Waals surface area contributed by atoms with E-state index in [0.717, 1.165) is 6.54 Å². The van der Waals surface area contributed by atoms with Crippen molar-refractivity contribution in [1.29, 1.82) is 0 Å². The van der Waals surface area contributed by atoms with Crippen molar-refractivity contribution in [3.63, 3.8) is 0 Å². The Labute approximate surface area is 117 Å². The molecule has 0 spiro atoms. The molecule has 5 nitrogen and oxygen atoms in total. The molecule has 0 aliphatic carbocycles. The van der Waals surface area contributed by atoms with Crippen molar-refractivity contribution in [1.82, 2.24) is 20.1 Å². The van der Waals surface area contributed by atoms with Gasteiger partial charge in [0.05, 0.1) is 0 Å². The summed E-state index contributed by atoms with van der Waals surface area (Å²) in [6, 6.07) is 4.64. The first kappa shape index (κ1) is 14.0. The van der Waals surface area contributed by atoms with Crippen molar-refractivity contribution in [2.75, 3.05) is 0 Å². The zero-order valence-corrected chi connectivity index (χ0v) is 12.6. The van der Waals surface area contributed by atoms with Crippen LogP contribution in [0.15, 0.2) is 18.5 Å². The van der Waals surface area contributed by atoms with Crippen LogP contribution in [0.2, 0.25) is 0 Å². The van der Waals surface area contributed by atoms with Crippen LogP contribution < -0.4 is 10.1 Å². The van der Waals surface area contributed by atoms with Gasteiger partial charge in [0.2, 0.25) is 0 Å². The van der Waals surface area contributed by atoms with Gasteiger partial charge in [0, 0.05) is 28.9 Å². The van der Waals surface area contributed by atoms with Crippen molar-refractivity contribution < 1.29 is 4.74 Å². The van der Waals surface area contributed by atoms with Crippen LogP contribution in [0.3, 0.4) is 0 Å². The molecule has 2 heterocycles. The highest BCUT2D eigenvalue weighted by atomic mass is 32.1. The van der Waals surface area contributed by atoms with Gasteiger partial charge in [0.25, 0.3) is 0 Å². The van der Waals surface area contributed by atoms with Gasteiger partial charge in [-0.2, -0.15) is 4.98 Å². The minimum Gasteiger partial charge on any atom is -0.457 e. The molecule has 0 unspecified atom stereocenters. The van der Waals surface area contributed by atoms with Crippen LogP contribution in [0.5, 0.6) is 6.01 Å². The molecule has 0 fully saturated rings. The number of aryl methyl sites for hydroxylation is 1. The van der Waals surface area contributed by atoms with E-state index < -0.39 is 0 Å². The molecule has 2 rings (SSSR count). The fraction of sp³-hybridized carbons (Fsp3) is 0.538. The highest BCUT2D eigenvalue weighted by molar-refractivity contribution is 7.11. The largest absolute Gasteiger partial charge is 0.457 e. The number of thiophene rings is 1. The van der Waals surface area contributed by atoms with Gasteiger partial charge < -0.3 is 10.1 Å². The zero-order valence-electron chi connectivity index (χ0n) is 11.8. The van der Waals surface area contributed by atoms with E-state index in [4.69, 9.17) is 4.74 Å². The maximum Gasteiger partial charge on any atom is 0.335 e. The molecule has 0 radical (unpaired) electrons. The molecule has 0 bridgehead atoms. The van der Waals surface area contributed by atoms with Crippen molar-refractivity contribution >= 4 is 11.3 Å². The Kier molecular flexibility index (Phi) is 4.21. The molecule has 0 atom stereocenters. The summed E-state index contributed by atoms with van der Waals surface area (Å²) in [6.07, 6.45) is 1.63. The monoisotopic (exact) mass is 280 g/mol. The third-order valence-corrected chi connectivity index (χ3v) is 3.49. The van der Waals surface area contributed by atoms with Gasteiger partial charge in [-0.05, 0) is 32.9 Å². The van der Waals surface area contributed by atoms with Crippen LogP contribution in [0.25, 0.3) is 0 Å². The summed E-state index contributed by atoms with van der Waals surface area (Å²) in [5, 5.41) is 7.55.